The van der Waals surface area contributed by atoms with Crippen molar-refractivity contribution in [2.75, 3.05) is 5.73 Å². The van der Waals surface area contributed by atoms with Crippen LogP contribution in [0.1, 0.15) is 10.4 Å². The minimum atomic E-state index is -1.00. The summed E-state index contributed by atoms with van der Waals surface area (Å²) in [7, 11) is 0. The number of carboxylic acid groups (broad SMARTS) is 1. The molecule has 0 aliphatic heterocycles. The molecule has 4 N–H and O–H groups in total. The van der Waals surface area contributed by atoms with Gasteiger partial charge in [-0.25, -0.2) is 9.78 Å². The highest BCUT2D eigenvalue weighted by molar-refractivity contribution is 6.06. The molecule has 0 spiro atoms. The van der Waals surface area contributed by atoms with Gasteiger partial charge in [-0.1, -0.05) is 0 Å². The van der Waals surface area contributed by atoms with Crippen molar-refractivity contribution >= 4 is 22.7 Å². The van der Waals surface area contributed by atoms with E-state index in [-0.39, 0.29) is 5.56 Å². The zero-order valence-corrected chi connectivity index (χ0v) is 6.61. The normalized spacial score (nSPS) is 10.5. The van der Waals surface area contributed by atoms with E-state index in [0.717, 1.165) is 0 Å². The summed E-state index contributed by atoms with van der Waals surface area (Å²) >= 11 is 0. The molecule has 0 saturated heterocycles. The number of carboxylic acids is 1. The fraction of sp³-hybridized carbons (Fsp3) is 0. The van der Waals surface area contributed by atoms with Crippen molar-refractivity contribution in [1.82, 2.24) is 9.97 Å². The van der Waals surface area contributed by atoms with E-state index < -0.39 is 5.97 Å². The van der Waals surface area contributed by atoms with Crippen LogP contribution in [0.5, 0.6) is 0 Å². The van der Waals surface area contributed by atoms with Crippen molar-refractivity contribution in [3.05, 3.63) is 24.0 Å². The number of aromatic amines is 1. The van der Waals surface area contributed by atoms with E-state index in [4.69, 9.17) is 10.8 Å². The Labute approximate surface area is 73.2 Å². The Balaban J connectivity index is 2.88. The highest BCUT2D eigenvalue weighted by atomic mass is 16.4. The molecule has 0 unspecified atom stereocenters. The van der Waals surface area contributed by atoms with Crippen molar-refractivity contribution in [3.8, 4) is 0 Å². The molecule has 0 aliphatic rings. The molecule has 0 saturated carbocycles. The van der Waals surface area contributed by atoms with Crippen molar-refractivity contribution in [2.24, 2.45) is 0 Å². The zero-order chi connectivity index (χ0) is 9.42. The van der Waals surface area contributed by atoms with E-state index in [9.17, 15) is 4.79 Å². The number of rotatable bonds is 1. The van der Waals surface area contributed by atoms with Crippen LogP contribution in [0.15, 0.2) is 18.5 Å². The number of fused-ring (bicyclic) bond motifs is 1. The number of anilines is 1. The summed E-state index contributed by atoms with van der Waals surface area (Å²) in [6.45, 7) is 0. The summed E-state index contributed by atoms with van der Waals surface area (Å²) in [5.41, 5.74) is 6.65. The largest absolute Gasteiger partial charge is 0.478 e. The first-order chi connectivity index (χ1) is 6.20. The molecule has 2 heterocycles. The lowest BCUT2D eigenvalue weighted by Gasteiger charge is -1.96. The standard InChI is InChI=1S/C8H7N3O2/c9-5-3-11-7-6(5)4(8(12)13)1-2-10-7/h1-3H,9H2,(H,10,11)(H,12,13). The molecule has 2 aromatic heterocycles. The van der Waals surface area contributed by atoms with Crippen LogP contribution >= 0.6 is 0 Å². The van der Waals surface area contributed by atoms with E-state index in [0.29, 0.717) is 16.7 Å². The third-order valence-electron chi connectivity index (χ3n) is 1.83. The Morgan fingerprint density at radius 3 is 3.08 bits per heavy atom. The van der Waals surface area contributed by atoms with Crippen molar-refractivity contribution in [2.45, 2.75) is 0 Å². The van der Waals surface area contributed by atoms with E-state index in [1.54, 1.807) is 0 Å². The molecule has 5 nitrogen and oxygen atoms in total. The summed E-state index contributed by atoms with van der Waals surface area (Å²) < 4.78 is 0. The number of hydrogen-bond donors (Lipinski definition) is 3. The molecule has 0 bridgehead atoms. The van der Waals surface area contributed by atoms with E-state index in [1.165, 1.54) is 18.5 Å². The third-order valence-corrected chi connectivity index (χ3v) is 1.83. The van der Waals surface area contributed by atoms with Crippen LogP contribution in [-0.2, 0) is 0 Å². The molecule has 2 aromatic rings. The fourth-order valence-electron chi connectivity index (χ4n) is 1.26. The van der Waals surface area contributed by atoms with Crippen molar-refractivity contribution in [3.63, 3.8) is 0 Å². The van der Waals surface area contributed by atoms with E-state index >= 15 is 0 Å². The summed E-state index contributed by atoms with van der Waals surface area (Å²) in [5.74, 6) is -1.00. The summed E-state index contributed by atoms with van der Waals surface area (Å²) in [5, 5.41) is 9.30. The predicted molar refractivity (Wildman–Crippen MR) is 47.5 cm³/mol. The summed E-state index contributed by atoms with van der Waals surface area (Å²) in [6.07, 6.45) is 2.96. The van der Waals surface area contributed by atoms with Gasteiger partial charge in [0, 0.05) is 12.4 Å². The Bertz CT molecular complexity index is 475. The number of aromatic nitrogens is 2. The highest BCUT2D eigenvalue weighted by Crippen LogP contribution is 2.22. The van der Waals surface area contributed by atoms with Gasteiger partial charge in [0.1, 0.15) is 5.65 Å². The van der Waals surface area contributed by atoms with Gasteiger partial charge in [-0.05, 0) is 6.07 Å². The van der Waals surface area contributed by atoms with Crippen molar-refractivity contribution in [1.29, 1.82) is 0 Å². The smallest absolute Gasteiger partial charge is 0.336 e. The van der Waals surface area contributed by atoms with Gasteiger partial charge < -0.3 is 15.8 Å². The van der Waals surface area contributed by atoms with Crippen molar-refractivity contribution < 1.29 is 9.90 Å². The maximum absolute atomic E-state index is 10.8. The second kappa shape index (κ2) is 2.48. The van der Waals surface area contributed by atoms with Gasteiger partial charge in [-0.2, -0.15) is 0 Å². The second-order valence-corrected chi connectivity index (χ2v) is 2.63. The number of nitrogens with two attached hydrogens (primary N) is 1. The number of hydrogen-bond acceptors (Lipinski definition) is 3. The average Bonchev–Trinajstić information content (AvgIpc) is 2.48. The highest BCUT2D eigenvalue weighted by Gasteiger charge is 2.12. The molecule has 0 amide bonds. The van der Waals surface area contributed by atoms with Crippen LogP contribution in [0.3, 0.4) is 0 Å². The minimum Gasteiger partial charge on any atom is -0.478 e. The first kappa shape index (κ1) is 7.60. The van der Waals surface area contributed by atoms with Gasteiger partial charge >= 0.3 is 5.97 Å². The van der Waals surface area contributed by atoms with Crippen LogP contribution in [0, 0.1) is 0 Å². The van der Waals surface area contributed by atoms with Gasteiger partial charge in [-0.3, -0.25) is 0 Å². The molecule has 13 heavy (non-hydrogen) atoms. The third kappa shape index (κ3) is 1.01. The predicted octanol–water partition coefficient (Wildman–Crippen LogP) is 0.843. The van der Waals surface area contributed by atoms with Gasteiger partial charge in [0.25, 0.3) is 0 Å². The lowest BCUT2D eigenvalue weighted by molar-refractivity contribution is 0.0699. The molecule has 0 aliphatic carbocycles. The molecule has 5 heteroatoms. The molecular formula is C8H7N3O2. The van der Waals surface area contributed by atoms with Crippen LogP contribution in [0.4, 0.5) is 5.69 Å². The number of nitrogens with one attached hydrogen (secondary N) is 1. The molecule has 0 radical (unpaired) electrons. The maximum atomic E-state index is 10.8. The number of H-pyrrole nitrogens is 1. The summed E-state index contributed by atoms with van der Waals surface area (Å²) in [4.78, 5) is 17.5. The number of carbonyl (C=O) groups is 1. The lowest BCUT2D eigenvalue weighted by Crippen LogP contribution is -1.98. The second-order valence-electron chi connectivity index (χ2n) is 2.63. The molecule has 66 valence electrons. The van der Waals surface area contributed by atoms with Gasteiger partial charge in [-0.15, -0.1) is 0 Å². The molecule has 0 aromatic carbocycles. The van der Waals surface area contributed by atoms with Gasteiger partial charge in [0.15, 0.2) is 0 Å². The molecule has 0 atom stereocenters. The number of aromatic carboxylic acids is 1. The quantitative estimate of drug-likeness (QED) is 0.601. The Morgan fingerprint density at radius 1 is 1.62 bits per heavy atom. The van der Waals surface area contributed by atoms with Crippen LogP contribution < -0.4 is 5.73 Å². The Kier molecular flexibility index (Phi) is 1.45. The topological polar surface area (TPSA) is 92.0 Å². The maximum Gasteiger partial charge on any atom is 0.336 e. The molecular weight excluding hydrogens is 170 g/mol. The van der Waals surface area contributed by atoms with Crippen LogP contribution in [0.25, 0.3) is 11.0 Å². The SMILES string of the molecule is Nc1c[nH]c2nccc(C(=O)O)c12. The number of pyridine rings is 1. The molecule has 2 rings (SSSR count). The first-order valence-electron chi connectivity index (χ1n) is 3.65. The molecule has 0 fully saturated rings. The zero-order valence-electron chi connectivity index (χ0n) is 6.61. The lowest BCUT2D eigenvalue weighted by atomic mass is 10.2. The average molecular weight is 177 g/mol. The summed E-state index contributed by atoms with van der Waals surface area (Å²) in [6, 6.07) is 1.43. The van der Waals surface area contributed by atoms with E-state index in [2.05, 4.69) is 9.97 Å². The van der Waals surface area contributed by atoms with Gasteiger partial charge in [0.2, 0.25) is 0 Å². The Hall–Kier alpha value is -2.04. The number of nitrogens with zero attached hydrogens (tertiary/aromatic N) is 1. The number of nitrogen functional groups attached to an aromatic ring is 1. The van der Waals surface area contributed by atoms with E-state index in [1.807, 2.05) is 0 Å². The minimum absolute atomic E-state index is 0.170. The van der Waals surface area contributed by atoms with Gasteiger partial charge in [0.05, 0.1) is 16.6 Å². The van der Waals surface area contributed by atoms with Crippen LogP contribution in [-0.4, -0.2) is 21.0 Å². The fourth-order valence-corrected chi connectivity index (χ4v) is 1.26. The van der Waals surface area contributed by atoms with Crippen LogP contribution in [0.2, 0.25) is 0 Å². The first-order valence-corrected chi connectivity index (χ1v) is 3.65. The Morgan fingerprint density at radius 2 is 2.38 bits per heavy atom. The monoisotopic (exact) mass is 177 g/mol.